The third kappa shape index (κ3) is 3.35. The maximum absolute atomic E-state index is 13.7. The van der Waals surface area contributed by atoms with E-state index >= 15 is 0 Å². The van der Waals surface area contributed by atoms with Gasteiger partial charge in [-0.2, -0.15) is 0 Å². The predicted octanol–water partition coefficient (Wildman–Crippen LogP) is 2.92. The smallest absolute Gasteiger partial charge is 0.303 e. The van der Waals surface area contributed by atoms with E-state index in [4.69, 9.17) is 9.47 Å². The van der Waals surface area contributed by atoms with Crippen molar-refractivity contribution in [2.75, 3.05) is 6.61 Å². The number of carbonyl (C=O) groups excluding carboxylic acids is 4. The van der Waals surface area contributed by atoms with Crippen molar-refractivity contribution in [2.24, 2.45) is 28.6 Å². The molecule has 1 N–H and O–H groups in total. The first-order chi connectivity index (χ1) is 14.9. The standard InChI is InChI=1S/C25H34O7/c1-14(26)31-13-21(32-15(2)27)25(30)10-8-19-18-6-5-16-11-17(28)7-9-23(16,3)22(18)20(29)12-24(19,25)4/h11,18-19,21-22,30H,5-10,12-13H2,1-4H3. The Labute approximate surface area is 188 Å². The zero-order chi connectivity index (χ0) is 23.5. The van der Waals surface area contributed by atoms with Gasteiger partial charge in [-0.15, -0.1) is 0 Å². The number of ketones is 2. The number of allylic oxidation sites excluding steroid dienone is 1. The number of rotatable bonds is 4. The molecule has 0 heterocycles. The molecule has 176 valence electrons. The lowest BCUT2D eigenvalue weighted by Crippen LogP contribution is -2.62. The highest BCUT2D eigenvalue weighted by molar-refractivity contribution is 5.93. The van der Waals surface area contributed by atoms with E-state index in [0.717, 1.165) is 18.4 Å². The van der Waals surface area contributed by atoms with Crippen LogP contribution in [0.15, 0.2) is 11.6 Å². The normalized spacial score (nSPS) is 41.7. The molecule has 0 aliphatic heterocycles. The van der Waals surface area contributed by atoms with Crippen LogP contribution >= 0.6 is 0 Å². The number of aliphatic hydroxyl groups is 1. The van der Waals surface area contributed by atoms with E-state index in [1.165, 1.54) is 13.8 Å². The van der Waals surface area contributed by atoms with Gasteiger partial charge in [-0.3, -0.25) is 19.2 Å². The number of esters is 2. The van der Waals surface area contributed by atoms with Gasteiger partial charge in [-0.25, -0.2) is 0 Å². The number of carbonyl (C=O) groups is 4. The minimum atomic E-state index is -1.46. The zero-order valence-corrected chi connectivity index (χ0v) is 19.4. The largest absolute Gasteiger partial charge is 0.462 e. The Bertz CT molecular complexity index is 891. The Morgan fingerprint density at radius 2 is 1.84 bits per heavy atom. The second-order valence-corrected chi connectivity index (χ2v) is 10.8. The molecule has 7 heteroatoms. The maximum Gasteiger partial charge on any atom is 0.303 e. The van der Waals surface area contributed by atoms with Gasteiger partial charge >= 0.3 is 11.9 Å². The van der Waals surface area contributed by atoms with Crippen LogP contribution in [0.4, 0.5) is 0 Å². The number of ether oxygens (including phenoxy) is 2. The van der Waals surface area contributed by atoms with E-state index in [1.54, 1.807) is 6.08 Å². The van der Waals surface area contributed by atoms with E-state index in [2.05, 4.69) is 6.92 Å². The van der Waals surface area contributed by atoms with Gasteiger partial charge in [-0.1, -0.05) is 19.4 Å². The minimum Gasteiger partial charge on any atom is -0.462 e. The summed E-state index contributed by atoms with van der Waals surface area (Å²) in [6.45, 7) is 6.36. The molecule has 0 spiro atoms. The third-order valence-electron chi connectivity index (χ3n) is 9.15. The van der Waals surface area contributed by atoms with Gasteiger partial charge in [0.2, 0.25) is 0 Å². The summed E-state index contributed by atoms with van der Waals surface area (Å²) in [5, 5.41) is 11.9. The first kappa shape index (κ1) is 23.1. The van der Waals surface area contributed by atoms with E-state index in [1.807, 2.05) is 6.92 Å². The van der Waals surface area contributed by atoms with Gasteiger partial charge in [0.1, 0.15) is 18.0 Å². The van der Waals surface area contributed by atoms with Gasteiger partial charge < -0.3 is 14.6 Å². The summed E-state index contributed by atoms with van der Waals surface area (Å²) in [5.74, 6) is -0.777. The molecule has 0 aromatic heterocycles. The first-order valence-electron chi connectivity index (χ1n) is 11.7. The van der Waals surface area contributed by atoms with Crippen LogP contribution in [0, 0.1) is 28.6 Å². The second kappa shape index (κ2) is 7.79. The summed E-state index contributed by atoms with van der Waals surface area (Å²) < 4.78 is 10.6. The molecule has 32 heavy (non-hydrogen) atoms. The van der Waals surface area contributed by atoms with Crippen LogP contribution in [-0.4, -0.2) is 46.9 Å². The van der Waals surface area contributed by atoms with Gasteiger partial charge in [0.25, 0.3) is 0 Å². The molecule has 7 atom stereocenters. The van der Waals surface area contributed by atoms with Crippen LogP contribution in [0.1, 0.15) is 72.6 Å². The fourth-order valence-electron chi connectivity index (χ4n) is 7.61. The van der Waals surface area contributed by atoms with Crippen LogP contribution in [-0.2, 0) is 28.7 Å². The van der Waals surface area contributed by atoms with E-state index in [0.29, 0.717) is 25.7 Å². The van der Waals surface area contributed by atoms with E-state index in [9.17, 15) is 24.3 Å². The lowest BCUT2D eigenvalue weighted by Gasteiger charge is -2.58. The van der Waals surface area contributed by atoms with Crippen molar-refractivity contribution < 1.29 is 33.8 Å². The average Bonchev–Trinajstić information content (AvgIpc) is 2.96. The molecule has 7 unspecified atom stereocenters. The monoisotopic (exact) mass is 446 g/mol. The molecular weight excluding hydrogens is 412 g/mol. The van der Waals surface area contributed by atoms with Crippen molar-refractivity contribution in [1.82, 2.24) is 0 Å². The Morgan fingerprint density at radius 1 is 1.12 bits per heavy atom. The summed E-state index contributed by atoms with van der Waals surface area (Å²) in [4.78, 5) is 48.9. The molecule has 4 aliphatic rings. The second-order valence-electron chi connectivity index (χ2n) is 10.8. The van der Waals surface area contributed by atoms with E-state index in [-0.39, 0.29) is 47.8 Å². The first-order valence-corrected chi connectivity index (χ1v) is 11.7. The van der Waals surface area contributed by atoms with Crippen molar-refractivity contribution in [2.45, 2.75) is 84.3 Å². The lowest BCUT2D eigenvalue weighted by atomic mass is 9.45. The molecule has 0 radical (unpaired) electrons. The van der Waals surface area contributed by atoms with Crippen LogP contribution in [0.5, 0.6) is 0 Å². The Balaban J connectivity index is 1.68. The summed E-state index contributed by atoms with van der Waals surface area (Å²) in [5.41, 5.74) is -1.44. The zero-order valence-electron chi connectivity index (χ0n) is 19.4. The molecule has 0 aromatic carbocycles. The summed E-state index contributed by atoms with van der Waals surface area (Å²) in [6, 6.07) is 0. The third-order valence-corrected chi connectivity index (χ3v) is 9.15. The molecule has 3 saturated carbocycles. The van der Waals surface area contributed by atoms with Crippen molar-refractivity contribution in [3.8, 4) is 0 Å². The molecule has 0 amide bonds. The van der Waals surface area contributed by atoms with Gasteiger partial charge in [0.15, 0.2) is 11.9 Å². The highest BCUT2D eigenvalue weighted by Gasteiger charge is 2.69. The number of hydrogen-bond acceptors (Lipinski definition) is 7. The Kier molecular flexibility index (Phi) is 5.63. The Morgan fingerprint density at radius 3 is 2.50 bits per heavy atom. The predicted molar refractivity (Wildman–Crippen MR) is 114 cm³/mol. The fraction of sp³-hybridized carbons (Fsp3) is 0.760. The number of fused-ring (bicyclic) bond motifs is 5. The van der Waals surface area contributed by atoms with Gasteiger partial charge in [0, 0.05) is 38.0 Å². The van der Waals surface area contributed by atoms with E-state index < -0.39 is 29.1 Å². The average molecular weight is 447 g/mol. The molecule has 3 fully saturated rings. The lowest BCUT2D eigenvalue weighted by molar-refractivity contribution is -0.206. The molecule has 7 nitrogen and oxygen atoms in total. The van der Waals surface area contributed by atoms with Crippen molar-refractivity contribution >= 4 is 23.5 Å². The molecule has 4 rings (SSSR count). The molecule has 0 aromatic rings. The molecule has 4 aliphatic carbocycles. The maximum atomic E-state index is 13.7. The Hall–Kier alpha value is -2.02. The van der Waals surface area contributed by atoms with Crippen LogP contribution < -0.4 is 0 Å². The molecule has 0 saturated heterocycles. The van der Waals surface area contributed by atoms with Gasteiger partial charge in [0.05, 0.1) is 0 Å². The topological polar surface area (TPSA) is 107 Å². The quantitative estimate of drug-likeness (QED) is 0.662. The number of hydrogen-bond donors (Lipinski definition) is 1. The summed E-state index contributed by atoms with van der Waals surface area (Å²) in [6.07, 6.45) is 4.79. The fourth-order valence-corrected chi connectivity index (χ4v) is 7.61. The van der Waals surface area contributed by atoms with Crippen LogP contribution in [0.3, 0.4) is 0 Å². The minimum absolute atomic E-state index is 0.0848. The van der Waals surface area contributed by atoms with Crippen molar-refractivity contribution in [3.05, 3.63) is 11.6 Å². The summed E-state index contributed by atoms with van der Waals surface area (Å²) >= 11 is 0. The van der Waals surface area contributed by atoms with Crippen molar-refractivity contribution in [3.63, 3.8) is 0 Å². The number of Topliss-reactive ketones (excluding diaryl/α,β-unsaturated/α-hetero) is 1. The van der Waals surface area contributed by atoms with Gasteiger partial charge in [-0.05, 0) is 55.4 Å². The molecular formula is C25H34O7. The highest BCUT2D eigenvalue weighted by Crippen LogP contribution is 2.67. The van der Waals surface area contributed by atoms with Crippen LogP contribution in [0.2, 0.25) is 0 Å². The van der Waals surface area contributed by atoms with Crippen molar-refractivity contribution in [1.29, 1.82) is 0 Å². The summed E-state index contributed by atoms with van der Waals surface area (Å²) in [7, 11) is 0. The molecule has 0 bridgehead atoms. The van der Waals surface area contributed by atoms with Crippen LogP contribution in [0.25, 0.3) is 0 Å². The highest BCUT2D eigenvalue weighted by atomic mass is 16.6. The SMILES string of the molecule is CC(=O)OCC(OC(C)=O)C1(O)CCC2C3CCC4=CC(=O)CCC4(C)C3C(=O)CC21C.